The quantitative estimate of drug-likeness (QED) is 0.677. The molecular formula is C20H22N2OS. The lowest BCUT2D eigenvalue weighted by Crippen LogP contribution is -2.23. The monoisotopic (exact) mass is 338 g/mol. The molecule has 1 aromatic heterocycles. The molecule has 3 rings (SSSR count). The van der Waals surface area contributed by atoms with Gasteiger partial charge in [-0.1, -0.05) is 61.5 Å². The second-order valence-electron chi connectivity index (χ2n) is 5.78. The van der Waals surface area contributed by atoms with Gasteiger partial charge in [0.25, 0.3) is 0 Å². The highest BCUT2D eigenvalue weighted by atomic mass is 32.1. The number of rotatable bonds is 7. The van der Waals surface area contributed by atoms with Crippen LogP contribution in [0.3, 0.4) is 0 Å². The van der Waals surface area contributed by atoms with Crippen LogP contribution in [0.25, 0.3) is 11.3 Å². The summed E-state index contributed by atoms with van der Waals surface area (Å²) in [7, 11) is 0. The van der Waals surface area contributed by atoms with Gasteiger partial charge in [-0.3, -0.25) is 0 Å². The SMILES string of the molecule is CCCN(Cc1ccc(CO)cc1)c1nc(-c2ccccc2)cs1. The summed E-state index contributed by atoms with van der Waals surface area (Å²) in [6.45, 7) is 4.09. The van der Waals surface area contributed by atoms with Crippen molar-refractivity contribution in [3.8, 4) is 11.3 Å². The molecule has 0 saturated heterocycles. The lowest BCUT2D eigenvalue weighted by molar-refractivity contribution is 0.282. The minimum atomic E-state index is 0.0892. The van der Waals surface area contributed by atoms with E-state index in [-0.39, 0.29) is 6.61 Å². The van der Waals surface area contributed by atoms with Crippen LogP contribution in [0.4, 0.5) is 5.13 Å². The second-order valence-corrected chi connectivity index (χ2v) is 6.61. The van der Waals surface area contributed by atoms with Crippen molar-refractivity contribution in [3.63, 3.8) is 0 Å². The molecule has 0 amide bonds. The first-order valence-corrected chi connectivity index (χ1v) is 9.12. The Hall–Kier alpha value is -2.17. The first-order valence-electron chi connectivity index (χ1n) is 8.24. The van der Waals surface area contributed by atoms with Gasteiger partial charge in [-0.2, -0.15) is 0 Å². The van der Waals surface area contributed by atoms with Gasteiger partial charge in [-0.15, -0.1) is 11.3 Å². The molecule has 4 heteroatoms. The minimum absolute atomic E-state index is 0.0892. The maximum atomic E-state index is 9.16. The third-order valence-electron chi connectivity index (χ3n) is 3.90. The van der Waals surface area contributed by atoms with Crippen molar-refractivity contribution in [2.75, 3.05) is 11.4 Å². The van der Waals surface area contributed by atoms with Crippen LogP contribution in [0.15, 0.2) is 60.0 Å². The first-order chi connectivity index (χ1) is 11.8. The van der Waals surface area contributed by atoms with Gasteiger partial charge in [0.05, 0.1) is 12.3 Å². The van der Waals surface area contributed by atoms with Crippen molar-refractivity contribution in [2.24, 2.45) is 0 Å². The molecular weight excluding hydrogens is 316 g/mol. The standard InChI is InChI=1S/C20H22N2OS/c1-2-12-22(13-16-8-10-17(14-23)11-9-16)20-21-19(15-24-20)18-6-4-3-5-7-18/h3-11,15,23H,2,12-14H2,1H3. The molecule has 2 aromatic carbocycles. The highest BCUT2D eigenvalue weighted by molar-refractivity contribution is 7.14. The average molecular weight is 338 g/mol. The molecule has 1 heterocycles. The van der Waals surface area contributed by atoms with E-state index < -0.39 is 0 Å². The normalized spacial score (nSPS) is 10.8. The smallest absolute Gasteiger partial charge is 0.186 e. The molecule has 0 aliphatic heterocycles. The van der Waals surface area contributed by atoms with E-state index in [1.54, 1.807) is 11.3 Å². The lowest BCUT2D eigenvalue weighted by Gasteiger charge is -2.21. The molecule has 0 unspecified atom stereocenters. The van der Waals surface area contributed by atoms with Crippen molar-refractivity contribution in [1.29, 1.82) is 0 Å². The minimum Gasteiger partial charge on any atom is -0.392 e. The third-order valence-corrected chi connectivity index (χ3v) is 4.81. The van der Waals surface area contributed by atoms with Crippen LogP contribution >= 0.6 is 11.3 Å². The zero-order chi connectivity index (χ0) is 16.8. The molecule has 0 bridgehead atoms. The topological polar surface area (TPSA) is 36.4 Å². The summed E-state index contributed by atoms with van der Waals surface area (Å²) in [5, 5.41) is 12.3. The van der Waals surface area contributed by atoms with E-state index in [9.17, 15) is 0 Å². The van der Waals surface area contributed by atoms with Gasteiger partial charge in [0, 0.05) is 24.0 Å². The predicted molar refractivity (Wildman–Crippen MR) is 101 cm³/mol. The Balaban J connectivity index is 1.79. The molecule has 24 heavy (non-hydrogen) atoms. The van der Waals surface area contributed by atoms with Gasteiger partial charge in [-0.05, 0) is 17.5 Å². The summed E-state index contributed by atoms with van der Waals surface area (Å²) in [5.41, 5.74) is 4.37. The number of thiazole rings is 1. The Bertz CT molecular complexity index is 753. The number of hydrogen-bond acceptors (Lipinski definition) is 4. The Morgan fingerprint density at radius 2 is 1.71 bits per heavy atom. The summed E-state index contributed by atoms with van der Waals surface area (Å²) in [4.78, 5) is 7.16. The first kappa shape index (κ1) is 16.7. The number of hydrogen-bond donors (Lipinski definition) is 1. The van der Waals surface area contributed by atoms with Crippen molar-refractivity contribution in [1.82, 2.24) is 4.98 Å². The summed E-state index contributed by atoms with van der Waals surface area (Å²) >= 11 is 1.69. The Labute approximate surface area is 147 Å². The molecule has 0 aliphatic rings. The highest BCUT2D eigenvalue weighted by Crippen LogP contribution is 2.28. The van der Waals surface area contributed by atoms with Gasteiger partial charge in [0.1, 0.15) is 0 Å². The number of anilines is 1. The Morgan fingerprint density at radius 1 is 1.00 bits per heavy atom. The summed E-state index contributed by atoms with van der Waals surface area (Å²) < 4.78 is 0. The molecule has 124 valence electrons. The molecule has 0 aliphatic carbocycles. The number of benzene rings is 2. The van der Waals surface area contributed by atoms with Gasteiger partial charge < -0.3 is 10.0 Å². The van der Waals surface area contributed by atoms with E-state index in [1.165, 1.54) is 5.56 Å². The van der Waals surface area contributed by atoms with E-state index in [0.29, 0.717) is 0 Å². The van der Waals surface area contributed by atoms with Gasteiger partial charge in [0.15, 0.2) is 5.13 Å². The van der Waals surface area contributed by atoms with E-state index in [0.717, 1.165) is 41.5 Å². The second kappa shape index (κ2) is 8.08. The molecule has 0 saturated carbocycles. The molecule has 3 aromatic rings. The van der Waals surface area contributed by atoms with E-state index in [1.807, 2.05) is 30.3 Å². The zero-order valence-electron chi connectivity index (χ0n) is 13.9. The number of aliphatic hydroxyl groups is 1. The van der Waals surface area contributed by atoms with Crippen molar-refractivity contribution < 1.29 is 5.11 Å². The summed E-state index contributed by atoms with van der Waals surface area (Å²) in [6, 6.07) is 18.4. The summed E-state index contributed by atoms with van der Waals surface area (Å²) in [5.74, 6) is 0. The van der Waals surface area contributed by atoms with Crippen molar-refractivity contribution in [3.05, 3.63) is 71.1 Å². The van der Waals surface area contributed by atoms with Crippen LogP contribution < -0.4 is 4.90 Å². The van der Waals surface area contributed by atoms with Crippen molar-refractivity contribution in [2.45, 2.75) is 26.5 Å². The predicted octanol–water partition coefficient (Wildman–Crippen LogP) is 4.72. The van der Waals surface area contributed by atoms with E-state index in [2.05, 4.69) is 41.5 Å². The molecule has 1 N–H and O–H groups in total. The number of aliphatic hydroxyl groups excluding tert-OH is 1. The van der Waals surface area contributed by atoms with Crippen LogP contribution in [-0.2, 0) is 13.2 Å². The van der Waals surface area contributed by atoms with Gasteiger partial charge in [-0.25, -0.2) is 4.98 Å². The zero-order valence-corrected chi connectivity index (χ0v) is 14.7. The number of aromatic nitrogens is 1. The fourth-order valence-corrected chi connectivity index (χ4v) is 3.50. The fraction of sp³-hybridized carbons (Fsp3) is 0.250. The molecule has 3 nitrogen and oxygen atoms in total. The Kier molecular flexibility index (Phi) is 5.62. The van der Waals surface area contributed by atoms with E-state index in [4.69, 9.17) is 10.1 Å². The highest BCUT2D eigenvalue weighted by Gasteiger charge is 2.12. The van der Waals surface area contributed by atoms with Crippen LogP contribution in [-0.4, -0.2) is 16.6 Å². The maximum Gasteiger partial charge on any atom is 0.186 e. The maximum absolute atomic E-state index is 9.16. The molecule has 0 atom stereocenters. The van der Waals surface area contributed by atoms with Gasteiger partial charge >= 0.3 is 0 Å². The van der Waals surface area contributed by atoms with Crippen LogP contribution in [0.5, 0.6) is 0 Å². The van der Waals surface area contributed by atoms with Crippen LogP contribution in [0, 0.1) is 0 Å². The fourth-order valence-electron chi connectivity index (χ4n) is 2.63. The molecule has 0 radical (unpaired) electrons. The molecule has 0 spiro atoms. The van der Waals surface area contributed by atoms with Crippen LogP contribution in [0.1, 0.15) is 24.5 Å². The average Bonchev–Trinajstić information content (AvgIpc) is 3.13. The third kappa shape index (κ3) is 4.02. The van der Waals surface area contributed by atoms with Crippen molar-refractivity contribution >= 4 is 16.5 Å². The molecule has 0 fully saturated rings. The lowest BCUT2D eigenvalue weighted by atomic mass is 10.1. The number of nitrogens with zero attached hydrogens (tertiary/aromatic N) is 2. The Morgan fingerprint density at radius 3 is 2.38 bits per heavy atom. The summed E-state index contributed by atoms with van der Waals surface area (Å²) in [6.07, 6.45) is 1.08. The largest absolute Gasteiger partial charge is 0.392 e. The van der Waals surface area contributed by atoms with E-state index >= 15 is 0 Å². The van der Waals surface area contributed by atoms with Gasteiger partial charge in [0.2, 0.25) is 0 Å². The van der Waals surface area contributed by atoms with Crippen LogP contribution in [0.2, 0.25) is 0 Å².